The number of hydrogen-bond donors (Lipinski definition) is 2. The van der Waals surface area contributed by atoms with Crippen LogP contribution in [0.25, 0.3) is 0 Å². The smallest absolute Gasteiger partial charge is 0.251 e. The minimum atomic E-state index is -0.343. The summed E-state index contributed by atoms with van der Waals surface area (Å²) < 4.78 is 0. The summed E-state index contributed by atoms with van der Waals surface area (Å²) in [4.78, 5) is 25.9. The number of nitrogens with one attached hydrogen (secondary N) is 2. The van der Waals surface area contributed by atoms with Crippen molar-refractivity contribution < 1.29 is 9.59 Å². The van der Waals surface area contributed by atoms with Crippen LogP contribution in [0.5, 0.6) is 0 Å². The van der Waals surface area contributed by atoms with Crippen molar-refractivity contribution in [2.45, 2.75) is 13.0 Å². The van der Waals surface area contributed by atoms with E-state index in [0.717, 1.165) is 13.1 Å². The molecule has 0 saturated carbocycles. The van der Waals surface area contributed by atoms with Gasteiger partial charge in [0, 0.05) is 31.2 Å². The minimum Gasteiger partial charge on any atom is -0.343 e. The van der Waals surface area contributed by atoms with E-state index in [1.54, 1.807) is 17.0 Å². The third kappa shape index (κ3) is 4.74. The van der Waals surface area contributed by atoms with Gasteiger partial charge in [0.05, 0.1) is 16.6 Å². The van der Waals surface area contributed by atoms with Crippen molar-refractivity contribution in [1.29, 1.82) is 0 Å². The van der Waals surface area contributed by atoms with Crippen LogP contribution in [0.2, 0.25) is 10.0 Å². The third-order valence-corrected chi connectivity index (χ3v) is 4.14. The number of benzene rings is 1. The van der Waals surface area contributed by atoms with Crippen molar-refractivity contribution in [2.75, 3.05) is 26.2 Å². The normalized spacial score (nSPS) is 17.6. The van der Waals surface area contributed by atoms with Crippen LogP contribution in [-0.2, 0) is 4.79 Å². The first-order valence-corrected chi connectivity index (χ1v) is 7.48. The molecule has 0 aromatic heterocycles. The Morgan fingerprint density at radius 2 is 2.09 bits per heavy atom. The monoisotopic (exact) mass is 365 g/mol. The Balaban J connectivity index is 0.00000242. The summed E-state index contributed by atoms with van der Waals surface area (Å²) in [6, 6.07) is 4.74. The van der Waals surface area contributed by atoms with Crippen molar-refractivity contribution in [3.05, 3.63) is 33.8 Å². The summed E-state index contributed by atoms with van der Waals surface area (Å²) in [5.41, 5.74) is 0.380. The Hall–Kier alpha value is -1.01. The highest BCUT2D eigenvalue weighted by molar-refractivity contribution is 6.42. The van der Waals surface area contributed by atoms with Crippen LogP contribution < -0.4 is 10.6 Å². The van der Waals surface area contributed by atoms with Gasteiger partial charge in [-0.3, -0.25) is 9.59 Å². The molecule has 1 heterocycles. The SMILES string of the molecule is CC1CNCCN1C(=O)CNC(=O)c1ccc(Cl)c(Cl)c1.Cl. The fraction of sp³-hybridized carbons (Fsp3) is 0.429. The van der Waals surface area contributed by atoms with Crippen LogP contribution in [0, 0.1) is 0 Å². The molecule has 1 saturated heterocycles. The standard InChI is InChI=1S/C14H17Cl2N3O2.ClH/c1-9-7-17-4-5-19(9)13(20)8-18-14(21)10-2-3-11(15)12(16)6-10;/h2-3,6,9,17H,4-5,7-8H2,1H3,(H,18,21);1H. The highest BCUT2D eigenvalue weighted by atomic mass is 35.5. The van der Waals surface area contributed by atoms with E-state index < -0.39 is 0 Å². The van der Waals surface area contributed by atoms with Gasteiger partial charge in [0.2, 0.25) is 5.91 Å². The third-order valence-electron chi connectivity index (χ3n) is 3.40. The van der Waals surface area contributed by atoms with Gasteiger partial charge in [-0.25, -0.2) is 0 Å². The maximum atomic E-state index is 12.1. The topological polar surface area (TPSA) is 61.4 Å². The zero-order valence-corrected chi connectivity index (χ0v) is 14.4. The van der Waals surface area contributed by atoms with Crippen molar-refractivity contribution in [2.24, 2.45) is 0 Å². The number of halogens is 3. The van der Waals surface area contributed by atoms with Crippen molar-refractivity contribution in [3.8, 4) is 0 Å². The van der Waals surface area contributed by atoms with Gasteiger partial charge in [-0.1, -0.05) is 23.2 Å². The molecular formula is C14H18Cl3N3O2. The predicted octanol–water partition coefficient (Wildman–Crippen LogP) is 1.97. The summed E-state index contributed by atoms with van der Waals surface area (Å²) in [5, 5.41) is 6.52. The van der Waals surface area contributed by atoms with Crippen LogP contribution in [0.1, 0.15) is 17.3 Å². The molecule has 2 rings (SSSR count). The van der Waals surface area contributed by atoms with Gasteiger partial charge in [0.1, 0.15) is 0 Å². The Kier molecular flexibility index (Phi) is 7.42. The first-order valence-electron chi connectivity index (χ1n) is 6.72. The molecule has 1 fully saturated rings. The zero-order chi connectivity index (χ0) is 15.4. The molecule has 8 heteroatoms. The molecule has 0 aliphatic carbocycles. The summed E-state index contributed by atoms with van der Waals surface area (Å²) in [6.45, 7) is 4.15. The molecule has 1 aliphatic heterocycles. The van der Waals surface area contributed by atoms with Crippen LogP contribution in [0.3, 0.4) is 0 Å². The van der Waals surface area contributed by atoms with Gasteiger partial charge in [-0.2, -0.15) is 0 Å². The molecule has 122 valence electrons. The van der Waals surface area contributed by atoms with Crippen LogP contribution >= 0.6 is 35.6 Å². The van der Waals surface area contributed by atoms with Crippen LogP contribution in [0.4, 0.5) is 0 Å². The maximum Gasteiger partial charge on any atom is 0.251 e. The van der Waals surface area contributed by atoms with E-state index in [2.05, 4.69) is 10.6 Å². The quantitative estimate of drug-likeness (QED) is 0.860. The highest BCUT2D eigenvalue weighted by Crippen LogP contribution is 2.22. The largest absolute Gasteiger partial charge is 0.343 e. The van der Waals surface area contributed by atoms with E-state index in [9.17, 15) is 9.59 Å². The molecule has 0 spiro atoms. The molecule has 1 unspecified atom stereocenters. The van der Waals surface area contributed by atoms with Crippen LogP contribution in [0.15, 0.2) is 18.2 Å². The van der Waals surface area contributed by atoms with E-state index in [4.69, 9.17) is 23.2 Å². The molecule has 1 aromatic rings. The molecule has 5 nitrogen and oxygen atoms in total. The molecule has 2 N–H and O–H groups in total. The second-order valence-corrected chi connectivity index (χ2v) is 5.77. The number of rotatable bonds is 3. The highest BCUT2D eigenvalue weighted by Gasteiger charge is 2.23. The molecule has 1 aromatic carbocycles. The number of amides is 2. The summed E-state index contributed by atoms with van der Waals surface area (Å²) >= 11 is 11.7. The lowest BCUT2D eigenvalue weighted by Gasteiger charge is -2.34. The first kappa shape index (κ1) is 19.0. The number of carbonyl (C=O) groups is 2. The van der Waals surface area contributed by atoms with E-state index in [1.165, 1.54) is 6.07 Å². The lowest BCUT2D eigenvalue weighted by molar-refractivity contribution is -0.132. The van der Waals surface area contributed by atoms with Gasteiger partial charge >= 0.3 is 0 Å². The second kappa shape index (κ2) is 8.58. The lowest BCUT2D eigenvalue weighted by Crippen LogP contribution is -2.54. The fourth-order valence-corrected chi connectivity index (χ4v) is 2.51. The minimum absolute atomic E-state index is 0. The maximum absolute atomic E-state index is 12.1. The average Bonchev–Trinajstić information content (AvgIpc) is 2.47. The number of nitrogens with zero attached hydrogens (tertiary/aromatic N) is 1. The molecular weight excluding hydrogens is 349 g/mol. The van der Waals surface area contributed by atoms with E-state index >= 15 is 0 Å². The molecule has 1 atom stereocenters. The lowest BCUT2D eigenvalue weighted by atomic mass is 10.2. The second-order valence-electron chi connectivity index (χ2n) is 4.95. The first-order chi connectivity index (χ1) is 9.99. The Morgan fingerprint density at radius 3 is 2.73 bits per heavy atom. The predicted molar refractivity (Wildman–Crippen MR) is 90.1 cm³/mol. The Bertz CT molecular complexity index is 554. The zero-order valence-electron chi connectivity index (χ0n) is 12.1. The van der Waals surface area contributed by atoms with Gasteiger partial charge in [-0.15, -0.1) is 12.4 Å². The van der Waals surface area contributed by atoms with Crippen molar-refractivity contribution in [3.63, 3.8) is 0 Å². The number of piperazine rings is 1. The Labute approximate surface area is 145 Å². The molecule has 0 radical (unpaired) electrons. The van der Waals surface area contributed by atoms with E-state index in [0.29, 0.717) is 22.2 Å². The van der Waals surface area contributed by atoms with Crippen molar-refractivity contribution in [1.82, 2.24) is 15.5 Å². The van der Waals surface area contributed by atoms with E-state index in [-0.39, 0.29) is 36.8 Å². The molecule has 1 aliphatic rings. The summed E-state index contributed by atoms with van der Waals surface area (Å²) in [6.07, 6.45) is 0. The van der Waals surface area contributed by atoms with Gasteiger partial charge in [-0.05, 0) is 25.1 Å². The van der Waals surface area contributed by atoms with Crippen LogP contribution in [-0.4, -0.2) is 48.9 Å². The van der Waals surface area contributed by atoms with Gasteiger partial charge < -0.3 is 15.5 Å². The molecule has 22 heavy (non-hydrogen) atoms. The average molecular weight is 367 g/mol. The molecule has 0 bridgehead atoms. The Morgan fingerprint density at radius 1 is 1.36 bits per heavy atom. The van der Waals surface area contributed by atoms with Crippen molar-refractivity contribution >= 4 is 47.4 Å². The van der Waals surface area contributed by atoms with Gasteiger partial charge in [0.25, 0.3) is 5.91 Å². The number of carbonyl (C=O) groups excluding carboxylic acids is 2. The van der Waals surface area contributed by atoms with Gasteiger partial charge in [0.15, 0.2) is 0 Å². The summed E-state index contributed by atoms with van der Waals surface area (Å²) in [5.74, 6) is -0.429. The molecule has 2 amide bonds. The summed E-state index contributed by atoms with van der Waals surface area (Å²) in [7, 11) is 0. The number of hydrogen-bond acceptors (Lipinski definition) is 3. The van der Waals surface area contributed by atoms with E-state index in [1.807, 2.05) is 6.92 Å². The fourth-order valence-electron chi connectivity index (χ4n) is 2.21.